The fourth-order valence-corrected chi connectivity index (χ4v) is 1.65. The van der Waals surface area contributed by atoms with Gasteiger partial charge in [0.2, 0.25) is 0 Å². The molecule has 0 amide bonds. The Hall–Kier alpha value is -1.81. The number of ether oxygens (including phenoxy) is 1. The molecule has 0 saturated heterocycles. The second-order valence-electron chi connectivity index (χ2n) is 3.50. The van der Waals surface area contributed by atoms with Crippen molar-refractivity contribution in [3.05, 3.63) is 41.7 Å². The molecule has 2 aromatic rings. The van der Waals surface area contributed by atoms with Crippen LogP contribution in [0.5, 0.6) is 5.75 Å². The van der Waals surface area contributed by atoms with Crippen molar-refractivity contribution in [2.75, 3.05) is 7.11 Å². The molecule has 0 aliphatic carbocycles. The number of aromatic nitrogens is 2. The van der Waals surface area contributed by atoms with Crippen molar-refractivity contribution in [3.8, 4) is 11.4 Å². The molecule has 4 nitrogen and oxygen atoms in total. The number of rotatable bonds is 3. The zero-order chi connectivity index (χ0) is 11.5. The van der Waals surface area contributed by atoms with Gasteiger partial charge in [-0.25, -0.2) is 4.68 Å². The molecule has 0 fully saturated rings. The summed E-state index contributed by atoms with van der Waals surface area (Å²) in [6, 6.07) is 7.65. The van der Waals surface area contributed by atoms with Gasteiger partial charge in [0.1, 0.15) is 11.4 Å². The van der Waals surface area contributed by atoms with Crippen LogP contribution in [0.2, 0.25) is 0 Å². The highest BCUT2D eigenvalue weighted by atomic mass is 16.5. The SMILES string of the molecule is COc1ccccc1-n1ncc(CO)c1C. The molecule has 0 aliphatic heterocycles. The van der Waals surface area contributed by atoms with Crippen LogP contribution in [0.25, 0.3) is 5.69 Å². The third kappa shape index (κ3) is 1.67. The molecule has 16 heavy (non-hydrogen) atoms. The average Bonchev–Trinajstić information content (AvgIpc) is 2.70. The third-order valence-corrected chi connectivity index (χ3v) is 2.60. The van der Waals surface area contributed by atoms with Crippen LogP contribution < -0.4 is 4.74 Å². The maximum absolute atomic E-state index is 9.12. The van der Waals surface area contributed by atoms with Gasteiger partial charge in [-0.15, -0.1) is 0 Å². The summed E-state index contributed by atoms with van der Waals surface area (Å²) in [5, 5.41) is 13.4. The van der Waals surface area contributed by atoms with Gasteiger partial charge in [-0.05, 0) is 19.1 Å². The molecular formula is C12H14N2O2. The van der Waals surface area contributed by atoms with E-state index in [-0.39, 0.29) is 6.61 Å². The van der Waals surface area contributed by atoms with Crippen molar-refractivity contribution in [3.63, 3.8) is 0 Å². The molecule has 2 rings (SSSR count). The predicted molar refractivity (Wildman–Crippen MR) is 60.8 cm³/mol. The summed E-state index contributed by atoms with van der Waals surface area (Å²) in [5.41, 5.74) is 2.63. The fraction of sp³-hybridized carbons (Fsp3) is 0.250. The van der Waals surface area contributed by atoms with Crippen LogP contribution in [-0.2, 0) is 6.61 Å². The molecule has 1 aromatic carbocycles. The molecule has 1 heterocycles. The smallest absolute Gasteiger partial charge is 0.144 e. The topological polar surface area (TPSA) is 47.3 Å². The minimum atomic E-state index is 0.000975. The summed E-state index contributed by atoms with van der Waals surface area (Å²) < 4.78 is 7.04. The van der Waals surface area contributed by atoms with Crippen molar-refractivity contribution in [1.29, 1.82) is 0 Å². The van der Waals surface area contributed by atoms with Crippen LogP contribution >= 0.6 is 0 Å². The van der Waals surface area contributed by atoms with E-state index >= 15 is 0 Å². The molecule has 0 aliphatic rings. The summed E-state index contributed by atoms with van der Waals surface area (Å²) >= 11 is 0. The van der Waals surface area contributed by atoms with Gasteiger partial charge in [-0.1, -0.05) is 12.1 Å². The molecule has 0 saturated carbocycles. The van der Waals surface area contributed by atoms with Crippen LogP contribution in [-0.4, -0.2) is 22.0 Å². The first-order valence-corrected chi connectivity index (χ1v) is 5.05. The van der Waals surface area contributed by atoms with Crippen LogP contribution in [0, 0.1) is 6.92 Å². The molecule has 0 bridgehead atoms. The quantitative estimate of drug-likeness (QED) is 0.852. The second kappa shape index (κ2) is 4.37. The van der Waals surface area contributed by atoms with Gasteiger partial charge in [0.05, 0.1) is 19.9 Å². The van der Waals surface area contributed by atoms with Crippen LogP contribution in [0.4, 0.5) is 0 Å². The summed E-state index contributed by atoms with van der Waals surface area (Å²) in [6.07, 6.45) is 1.67. The first kappa shape index (κ1) is 10.7. The summed E-state index contributed by atoms with van der Waals surface area (Å²) in [4.78, 5) is 0. The number of methoxy groups -OCH3 is 1. The Kier molecular flexibility index (Phi) is 2.92. The lowest BCUT2D eigenvalue weighted by Crippen LogP contribution is -2.02. The molecule has 1 aromatic heterocycles. The maximum atomic E-state index is 9.12. The maximum Gasteiger partial charge on any atom is 0.144 e. The molecule has 1 N–H and O–H groups in total. The van der Waals surface area contributed by atoms with Gasteiger partial charge in [-0.3, -0.25) is 0 Å². The third-order valence-electron chi connectivity index (χ3n) is 2.60. The van der Waals surface area contributed by atoms with E-state index in [4.69, 9.17) is 9.84 Å². The van der Waals surface area contributed by atoms with Gasteiger partial charge in [0.25, 0.3) is 0 Å². The van der Waals surface area contributed by atoms with Crippen LogP contribution in [0.1, 0.15) is 11.3 Å². The number of nitrogens with zero attached hydrogens (tertiary/aromatic N) is 2. The van der Waals surface area contributed by atoms with Crippen molar-refractivity contribution in [2.24, 2.45) is 0 Å². The second-order valence-corrected chi connectivity index (χ2v) is 3.50. The van der Waals surface area contributed by atoms with Gasteiger partial charge >= 0.3 is 0 Å². The zero-order valence-electron chi connectivity index (χ0n) is 9.34. The van der Waals surface area contributed by atoms with E-state index in [0.29, 0.717) is 0 Å². The summed E-state index contributed by atoms with van der Waals surface area (Å²) in [7, 11) is 1.63. The van der Waals surface area contributed by atoms with Gasteiger partial charge < -0.3 is 9.84 Å². The molecule has 4 heteroatoms. The Balaban J connectivity index is 2.54. The number of aliphatic hydroxyl groups excluding tert-OH is 1. The molecule has 84 valence electrons. The van der Waals surface area contributed by atoms with E-state index in [1.165, 1.54) is 0 Å². The lowest BCUT2D eigenvalue weighted by atomic mass is 10.2. The minimum Gasteiger partial charge on any atom is -0.494 e. The van der Waals surface area contributed by atoms with Crippen molar-refractivity contribution in [2.45, 2.75) is 13.5 Å². The lowest BCUT2D eigenvalue weighted by Gasteiger charge is -2.09. The highest BCUT2D eigenvalue weighted by Gasteiger charge is 2.10. The first-order chi connectivity index (χ1) is 7.77. The normalized spacial score (nSPS) is 10.4. The van der Waals surface area contributed by atoms with E-state index in [1.807, 2.05) is 31.2 Å². The van der Waals surface area contributed by atoms with E-state index in [1.54, 1.807) is 18.0 Å². The summed E-state index contributed by atoms with van der Waals surface area (Å²) in [6.45, 7) is 1.92. The zero-order valence-corrected chi connectivity index (χ0v) is 9.34. The molecule has 0 unspecified atom stereocenters. The number of aliphatic hydroxyl groups is 1. The lowest BCUT2D eigenvalue weighted by molar-refractivity contribution is 0.281. The van der Waals surface area contributed by atoms with E-state index in [2.05, 4.69) is 5.10 Å². The molecule has 0 atom stereocenters. The van der Waals surface area contributed by atoms with E-state index in [9.17, 15) is 0 Å². The number of benzene rings is 1. The largest absolute Gasteiger partial charge is 0.494 e. The minimum absolute atomic E-state index is 0.000975. The van der Waals surface area contributed by atoms with Crippen molar-refractivity contribution < 1.29 is 9.84 Å². The molecule has 0 radical (unpaired) electrons. The summed E-state index contributed by atoms with van der Waals surface area (Å²) in [5.74, 6) is 0.762. The van der Waals surface area contributed by atoms with Gasteiger partial charge in [-0.2, -0.15) is 5.10 Å². The van der Waals surface area contributed by atoms with Crippen LogP contribution in [0.15, 0.2) is 30.5 Å². The Labute approximate surface area is 94.1 Å². The Morgan fingerprint density at radius 1 is 1.38 bits per heavy atom. The van der Waals surface area contributed by atoms with Crippen molar-refractivity contribution in [1.82, 2.24) is 9.78 Å². The van der Waals surface area contributed by atoms with Gasteiger partial charge in [0.15, 0.2) is 0 Å². The van der Waals surface area contributed by atoms with E-state index in [0.717, 1.165) is 22.7 Å². The standard InChI is InChI=1S/C12H14N2O2/c1-9-10(8-15)7-13-14(9)11-5-3-4-6-12(11)16-2/h3-7,15H,8H2,1-2H3. The number of hydrogen-bond donors (Lipinski definition) is 1. The molecule has 0 spiro atoms. The van der Waals surface area contributed by atoms with Gasteiger partial charge in [0, 0.05) is 11.3 Å². The first-order valence-electron chi connectivity index (χ1n) is 5.05. The van der Waals surface area contributed by atoms with Crippen LogP contribution in [0.3, 0.4) is 0 Å². The number of para-hydroxylation sites is 2. The average molecular weight is 218 g/mol. The fourth-order valence-electron chi connectivity index (χ4n) is 1.65. The molecular weight excluding hydrogens is 204 g/mol. The highest BCUT2D eigenvalue weighted by Crippen LogP contribution is 2.23. The van der Waals surface area contributed by atoms with Crippen molar-refractivity contribution >= 4 is 0 Å². The Morgan fingerprint density at radius 2 is 2.12 bits per heavy atom. The number of hydrogen-bond acceptors (Lipinski definition) is 3. The monoisotopic (exact) mass is 218 g/mol. The predicted octanol–water partition coefficient (Wildman–Crippen LogP) is 1.68. The Morgan fingerprint density at radius 3 is 2.75 bits per heavy atom. The van der Waals surface area contributed by atoms with E-state index < -0.39 is 0 Å². The Bertz CT molecular complexity index is 492. The highest BCUT2D eigenvalue weighted by molar-refractivity contribution is 5.47.